The largest absolute Gasteiger partial charge is 0.466 e. The van der Waals surface area contributed by atoms with E-state index in [1.54, 1.807) is 0 Å². The number of carbonyl (C=O) groups excluding carboxylic acids is 2. The molecule has 0 bridgehead atoms. The molecule has 3 N–H and O–H groups in total. The maximum Gasteiger partial charge on any atom is 0.305 e. The number of hydrogen-bond donors (Lipinski definition) is 3. The van der Waals surface area contributed by atoms with E-state index in [1.165, 1.54) is 372 Å². The highest BCUT2D eigenvalue weighted by molar-refractivity contribution is 5.76. The predicted molar refractivity (Wildman–Crippen MR) is 357 cm³/mol. The Kier molecular flexibility index (Phi) is 70.3. The lowest BCUT2D eigenvalue weighted by Gasteiger charge is -2.22. The number of aliphatic hydroxyl groups is 2. The average molecular weight is 1150 g/mol. The molecule has 0 saturated heterocycles. The van der Waals surface area contributed by atoms with Crippen LogP contribution < -0.4 is 5.32 Å². The second-order valence-corrected chi connectivity index (χ2v) is 26.4. The SMILES string of the molecule is CCCCCCCCCCCCCCCCCCCCCC(=O)OCCCCCCCCCCCCCCCCCCCCCCCCCCCCCCCC(=O)NC(CO)C(O)CCCCCCCCCCCCCCCCCC. The first-order chi connectivity index (χ1) is 40.0. The van der Waals surface area contributed by atoms with Crippen molar-refractivity contribution in [3.05, 3.63) is 0 Å². The van der Waals surface area contributed by atoms with Gasteiger partial charge in [0.2, 0.25) is 5.91 Å². The molecule has 0 aliphatic rings. The molecular weight excluding hydrogens is 995 g/mol. The number of carbonyl (C=O) groups is 2. The summed E-state index contributed by atoms with van der Waals surface area (Å²) in [6, 6.07) is -0.538. The molecule has 0 radical (unpaired) electrons. The Labute approximate surface area is 508 Å². The maximum atomic E-state index is 12.5. The van der Waals surface area contributed by atoms with Crippen LogP contribution in [0.4, 0.5) is 0 Å². The van der Waals surface area contributed by atoms with E-state index in [0.717, 1.165) is 38.5 Å². The fraction of sp³-hybridized carbons (Fsp3) is 0.973. The van der Waals surface area contributed by atoms with Gasteiger partial charge in [-0.05, 0) is 25.7 Å². The summed E-state index contributed by atoms with van der Waals surface area (Å²) in [5.74, 6) is -0.00119. The number of esters is 1. The summed E-state index contributed by atoms with van der Waals surface area (Å²) in [4.78, 5) is 24.7. The van der Waals surface area contributed by atoms with E-state index >= 15 is 0 Å². The fourth-order valence-corrected chi connectivity index (χ4v) is 12.4. The Bertz CT molecular complexity index is 1180. The van der Waals surface area contributed by atoms with Crippen molar-refractivity contribution in [2.45, 2.75) is 456 Å². The van der Waals surface area contributed by atoms with Gasteiger partial charge in [0, 0.05) is 12.8 Å². The summed E-state index contributed by atoms with van der Waals surface area (Å²) in [7, 11) is 0. The highest BCUT2D eigenvalue weighted by Crippen LogP contribution is 2.20. The summed E-state index contributed by atoms with van der Waals surface area (Å²) in [6.07, 6.45) is 87.5. The van der Waals surface area contributed by atoms with Crippen LogP contribution in [-0.4, -0.2) is 47.4 Å². The minimum Gasteiger partial charge on any atom is -0.466 e. The number of amides is 1. The summed E-state index contributed by atoms with van der Waals surface area (Å²) < 4.78 is 5.52. The van der Waals surface area contributed by atoms with E-state index in [-0.39, 0.29) is 18.5 Å². The molecule has 0 heterocycles. The van der Waals surface area contributed by atoms with E-state index in [9.17, 15) is 19.8 Å². The first-order valence-electron chi connectivity index (χ1n) is 37.8. The Morgan fingerprint density at radius 3 is 0.753 bits per heavy atom. The topological polar surface area (TPSA) is 95.9 Å². The maximum absolute atomic E-state index is 12.5. The molecule has 6 nitrogen and oxygen atoms in total. The van der Waals surface area contributed by atoms with Crippen LogP contribution >= 0.6 is 0 Å². The molecule has 484 valence electrons. The van der Waals surface area contributed by atoms with Crippen molar-refractivity contribution in [1.29, 1.82) is 0 Å². The molecule has 0 aliphatic heterocycles. The zero-order valence-corrected chi connectivity index (χ0v) is 55.6. The van der Waals surface area contributed by atoms with Gasteiger partial charge in [-0.1, -0.05) is 406 Å². The van der Waals surface area contributed by atoms with Gasteiger partial charge in [0.25, 0.3) is 0 Å². The molecule has 0 saturated carbocycles. The van der Waals surface area contributed by atoms with Crippen molar-refractivity contribution in [2.75, 3.05) is 13.2 Å². The fourth-order valence-electron chi connectivity index (χ4n) is 12.4. The molecule has 0 aliphatic carbocycles. The zero-order valence-electron chi connectivity index (χ0n) is 55.6. The van der Waals surface area contributed by atoms with Crippen LogP contribution in [0.1, 0.15) is 444 Å². The third kappa shape index (κ3) is 67.9. The van der Waals surface area contributed by atoms with E-state index in [0.29, 0.717) is 25.9 Å². The molecule has 0 spiro atoms. The van der Waals surface area contributed by atoms with Gasteiger partial charge in [-0.25, -0.2) is 0 Å². The third-order valence-corrected chi connectivity index (χ3v) is 18.2. The molecular formula is C75H149NO5. The number of hydrogen-bond acceptors (Lipinski definition) is 5. The molecule has 2 unspecified atom stereocenters. The van der Waals surface area contributed by atoms with Crippen molar-refractivity contribution < 1.29 is 24.5 Å². The monoisotopic (exact) mass is 1140 g/mol. The lowest BCUT2D eigenvalue weighted by atomic mass is 10.0. The molecule has 0 aromatic heterocycles. The summed E-state index contributed by atoms with van der Waals surface area (Å²) in [5.41, 5.74) is 0. The molecule has 1 amide bonds. The molecule has 2 atom stereocenters. The van der Waals surface area contributed by atoms with Gasteiger partial charge < -0.3 is 20.3 Å². The Balaban J connectivity index is 3.30. The number of aliphatic hydroxyl groups excluding tert-OH is 2. The van der Waals surface area contributed by atoms with Gasteiger partial charge in [-0.2, -0.15) is 0 Å². The van der Waals surface area contributed by atoms with E-state index < -0.39 is 12.1 Å². The normalized spacial score (nSPS) is 12.4. The van der Waals surface area contributed by atoms with Crippen molar-refractivity contribution in [3.8, 4) is 0 Å². The van der Waals surface area contributed by atoms with Crippen LogP contribution in [-0.2, 0) is 14.3 Å². The smallest absolute Gasteiger partial charge is 0.305 e. The Morgan fingerprint density at radius 2 is 0.506 bits per heavy atom. The van der Waals surface area contributed by atoms with Crippen LogP contribution in [0.5, 0.6) is 0 Å². The van der Waals surface area contributed by atoms with Crippen molar-refractivity contribution in [2.24, 2.45) is 0 Å². The van der Waals surface area contributed by atoms with E-state index in [1.807, 2.05) is 0 Å². The molecule has 81 heavy (non-hydrogen) atoms. The molecule has 0 rings (SSSR count). The van der Waals surface area contributed by atoms with Crippen LogP contribution in [0, 0.1) is 0 Å². The van der Waals surface area contributed by atoms with Crippen LogP contribution in [0.25, 0.3) is 0 Å². The third-order valence-electron chi connectivity index (χ3n) is 18.2. The molecule has 0 aromatic carbocycles. The number of rotatable bonds is 72. The standard InChI is InChI=1S/C75H149NO5/c1-3-5-7-9-11-13-15-17-19-21-33-37-41-45-49-53-57-61-65-69-75(80)81-70-66-62-58-54-50-46-42-38-35-32-30-28-26-24-22-23-25-27-29-31-34-36-40-44-48-52-56-60-64-68-74(79)76-72(71-77)73(78)67-63-59-55-51-47-43-39-20-18-16-14-12-10-8-6-4-2/h72-73,77-78H,3-71H2,1-2H3,(H,76,79). The molecule has 0 aromatic rings. The Morgan fingerprint density at radius 1 is 0.296 bits per heavy atom. The summed E-state index contributed by atoms with van der Waals surface area (Å²) in [6.45, 7) is 5.01. The number of unbranched alkanes of at least 4 members (excludes halogenated alkanes) is 61. The second-order valence-electron chi connectivity index (χ2n) is 26.4. The summed E-state index contributed by atoms with van der Waals surface area (Å²) >= 11 is 0. The van der Waals surface area contributed by atoms with Crippen molar-refractivity contribution in [3.63, 3.8) is 0 Å². The van der Waals surface area contributed by atoms with Gasteiger partial charge in [-0.3, -0.25) is 9.59 Å². The lowest BCUT2D eigenvalue weighted by molar-refractivity contribution is -0.143. The average Bonchev–Trinajstić information content (AvgIpc) is 3.47. The minimum absolute atomic E-state index is 0.0258. The number of nitrogens with one attached hydrogen (secondary N) is 1. The van der Waals surface area contributed by atoms with Gasteiger partial charge in [0.15, 0.2) is 0 Å². The van der Waals surface area contributed by atoms with E-state index in [4.69, 9.17) is 4.74 Å². The lowest BCUT2D eigenvalue weighted by Crippen LogP contribution is -2.45. The van der Waals surface area contributed by atoms with Gasteiger partial charge >= 0.3 is 5.97 Å². The Hall–Kier alpha value is -1.14. The van der Waals surface area contributed by atoms with Gasteiger partial charge in [0.05, 0.1) is 25.4 Å². The van der Waals surface area contributed by atoms with Gasteiger partial charge in [0.1, 0.15) is 0 Å². The second kappa shape index (κ2) is 71.3. The first-order valence-corrected chi connectivity index (χ1v) is 37.8. The predicted octanol–water partition coefficient (Wildman–Crippen LogP) is 24.5. The first kappa shape index (κ1) is 79.9. The summed E-state index contributed by atoms with van der Waals surface area (Å²) in [5, 5.41) is 23.4. The number of ether oxygens (including phenoxy) is 1. The van der Waals surface area contributed by atoms with Crippen LogP contribution in [0.2, 0.25) is 0 Å². The molecule has 0 fully saturated rings. The van der Waals surface area contributed by atoms with Crippen LogP contribution in [0.3, 0.4) is 0 Å². The van der Waals surface area contributed by atoms with Gasteiger partial charge in [-0.15, -0.1) is 0 Å². The minimum atomic E-state index is -0.661. The molecule has 6 heteroatoms. The van der Waals surface area contributed by atoms with Crippen molar-refractivity contribution >= 4 is 11.9 Å². The van der Waals surface area contributed by atoms with Crippen LogP contribution in [0.15, 0.2) is 0 Å². The highest BCUT2D eigenvalue weighted by Gasteiger charge is 2.20. The zero-order chi connectivity index (χ0) is 58.5. The van der Waals surface area contributed by atoms with Crippen molar-refractivity contribution in [1.82, 2.24) is 5.32 Å². The highest BCUT2D eigenvalue weighted by atomic mass is 16.5. The quantitative estimate of drug-likeness (QED) is 0.0417. The van der Waals surface area contributed by atoms with E-state index in [2.05, 4.69) is 19.2 Å².